The van der Waals surface area contributed by atoms with E-state index in [9.17, 15) is 0 Å². The van der Waals surface area contributed by atoms with Crippen molar-refractivity contribution in [3.8, 4) is 0 Å². The minimum atomic E-state index is 0.689. The van der Waals surface area contributed by atoms with Gasteiger partial charge in [0.25, 0.3) is 0 Å². The number of nitrogen functional groups attached to an aromatic ring is 1. The van der Waals surface area contributed by atoms with Crippen LogP contribution in [0.15, 0.2) is 0 Å². The van der Waals surface area contributed by atoms with Gasteiger partial charge in [-0.3, -0.25) is 4.90 Å². The molecule has 0 aromatic carbocycles. The third-order valence-electron chi connectivity index (χ3n) is 3.75. The summed E-state index contributed by atoms with van der Waals surface area (Å²) in [6, 6.07) is 0.699. The standard InChI is InChI=1S/C12H22N4S/c1-4-9(2)15-5-7-16(8-6-15)12-10(3)11(13)14-17-12/h9H,4-8H2,1-3H3,(H2,13,14). The van der Waals surface area contributed by atoms with Gasteiger partial charge in [-0.15, -0.1) is 0 Å². The molecular weight excluding hydrogens is 232 g/mol. The lowest BCUT2D eigenvalue weighted by atomic mass is 10.2. The maximum absolute atomic E-state index is 5.81. The normalized spacial score (nSPS) is 19.6. The monoisotopic (exact) mass is 254 g/mol. The highest BCUT2D eigenvalue weighted by atomic mass is 32.1. The van der Waals surface area contributed by atoms with E-state index in [4.69, 9.17) is 5.73 Å². The lowest BCUT2D eigenvalue weighted by molar-refractivity contribution is 0.193. The van der Waals surface area contributed by atoms with E-state index >= 15 is 0 Å². The maximum atomic E-state index is 5.81. The Hall–Kier alpha value is -0.810. The zero-order chi connectivity index (χ0) is 12.4. The largest absolute Gasteiger partial charge is 0.383 e. The minimum Gasteiger partial charge on any atom is -0.383 e. The molecule has 0 saturated carbocycles. The van der Waals surface area contributed by atoms with Crippen molar-refractivity contribution < 1.29 is 0 Å². The summed E-state index contributed by atoms with van der Waals surface area (Å²) in [5.74, 6) is 0.689. The first-order valence-corrected chi connectivity index (χ1v) is 7.11. The third-order valence-corrected chi connectivity index (χ3v) is 4.78. The van der Waals surface area contributed by atoms with Crippen LogP contribution in [0.2, 0.25) is 0 Å². The predicted molar refractivity (Wildman–Crippen MR) is 74.8 cm³/mol. The van der Waals surface area contributed by atoms with E-state index in [0.717, 1.165) is 31.7 Å². The van der Waals surface area contributed by atoms with Gasteiger partial charge < -0.3 is 10.6 Å². The maximum Gasteiger partial charge on any atom is 0.142 e. The number of hydrogen-bond donors (Lipinski definition) is 1. The van der Waals surface area contributed by atoms with Crippen molar-refractivity contribution in [2.24, 2.45) is 0 Å². The van der Waals surface area contributed by atoms with Crippen LogP contribution < -0.4 is 10.6 Å². The molecule has 1 aromatic heterocycles. The van der Waals surface area contributed by atoms with Crippen LogP contribution in [0.3, 0.4) is 0 Å². The highest BCUT2D eigenvalue weighted by molar-refractivity contribution is 7.10. The topological polar surface area (TPSA) is 45.4 Å². The summed E-state index contributed by atoms with van der Waals surface area (Å²) in [6.07, 6.45) is 1.23. The number of nitrogens with two attached hydrogens (primary N) is 1. The van der Waals surface area contributed by atoms with Gasteiger partial charge in [-0.05, 0) is 31.8 Å². The Labute approximate surface area is 108 Å². The SMILES string of the molecule is CCC(C)N1CCN(c2snc(N)c2C)CC1. The van der Waals surface area contributed by atoms with Crippen molar-refractivity contribution >= 4 is 22.4 Å². The molecule has 1 unspecified atom stereocenters. The van der Waals surface area contributed by atoms with E-state index in [1.807, 2.05) is 0 Å². The first-order valence-electron chi connectivity index (χ1n) is 6.34. The van der Waals surface area contributed by atoms with Crippen LogP contribution in [0.4, 0.5) is 10.8 Å². The Morgan fingerprint density at radius 2 is 2.00 bits per heavy atom. The molecule has 0 spiro atoms. The number of aromatic nitrogens is 1. The summed E-state index contributed by atoms with van der Waals surface area (Å²) in [6.45, 7) is 11.1. The second-order valence-corrected chi connectivity index (χ2v) is 5.53. The van der Waals surface area contributed by atoms with Crippen molar-refractivity contribution in [1.82, 2.24) is 9.27 Å². The molecule has 0 radical (unpaired) electrons. The van der Waals surface area contributed by atoms with Crippen LogP contribution in [0.5, 0.6) is 0 Å². The second-order valence-electron chi connectivity index (χ2n) is 4.78. The summed E-state index contributed by atoms with van der Waals surface area (Å²) in [7, 11) is 0. The summed E-state index contributed by atoms with van der Waals surface area (Å²) in [5.41, 5.74) is 6.95. The summed E-state index contributed by atoms with van der Waals surface area (Å²) in [5, 5.41) is 1.26. The van der Waals surface area contributed by atoms with Crippen LogP contribution in [0.25, 0.3) is 0 Å². The molecule has 5 heteroatoms. The van der Waals surface area contributed by atoms with E-state index in [2.05, 4.69) is 34.9 Å². The van der Waals surface area contributed by atoms with E-state index in [-0.39, 0.29) is 0 Å². The van der Waals surface area contributed by atoms with Crippen molar-refractivity contribution in [3.63, 3.8) is 0 Å². The van der Waals surface area contributed by atoms with Gasteiger partial charge in [0.2, 0.25) is 0 Å². The molecule has 0 bridgehead atoms. The third kappa shape index (κ3) is 2.55. The Bertz CT molecular complexity index is 369. The molecule has 0 aliphatic carbocycles. The second kappa shape index (κ2) is 5.23. The lowest BCUT2D eigenvalue weighted by Crippen LogP contribution is -2.49. The molecular formula is C12H22N4S. The molecule has 96 valence electrons. The van der Waals surface area contributed by atoms with Gasteiger partial charge in [-0.25, -0.2) is 0 Å². The fourth-order valence-electron chi connectivity index (χ4n) is 2.26. The van der Waals surface area contributed by atoms with E-state index < -0.39 is 0 Å². The predicted octanol–water partition coefficient (Wildman–Crippen LogP) is 1.95. The molecule has 2 N–H and O–H groups in total. The quantitative estimate of drug-likeness (QED) is 0.895. The fourth-order valence-corrected chi connectivity index (χ4v) is 3.12. The molecule has 1 aromatic rings. The highest BCUT2D eigenvalue weighted by Gasteiger charge is 2.22. The molecule has 1 aliphatic heterocycles. The Balaban J connectivity index is 1.97. The molecule has 1 atom stereocenters. The molecule has 0 amide bonds. The first kappa shape index (κ1) is 12.6. The highest BCUT2D eigenvalue weighted by Crippen LogP contribution is 2.30. The molecule has 2 rings (SSSR count). The summed E-state index contributed by atoms with van der Waals surface area (Å²) < 4.78 is 4.23. The zero-order valence-electron chi connectivity index (χ0n) is 10.9. The van der Waals surface area contributed by atoms with Gasteiger partial charge in [0.1, 0.15) is 10.8 Å². The molecule has 17 heavy (non-hydrogen) atoms. The molecule has 1 fully saturated rings. The number of rotatable bonds is 3. The number of hydrogen-bond acceptors (Lipinski definition) is 5. The Morgan fingerprint density at radius 3 is 2.47 bits per heavy atom. The van der Waals surface area contributed by atoms with Gasteiger partial charge >= 0.3 is 0 Å². The average molecular weight is 254 g/mol. The van der Waals surface area contributed by atoms with Crippen LogP contribution in [0, 0.1) is 6.92 Å². The molecule has 1 saturated heterocycles. The average Bonchev–Trinajstić information content (AvgIpc) is 2.69. The van der Waals surface area contributed by atoms with E-state index in [0.29, 0.717) is 11.9 Å². The van der Waals surface area contributed by atoms with Crippen LogP contribution in [0.1, 0.15) is 25.8 Å². The van der Waals surface area contributed by atoms with Crippen LogP contribution in [-0.4, -0.2) is 41.5 Å². The lowest BCUT2D eigenvalue weighted by Gasteiger charge is -2.38. The smallest absolute Gasteiger partial charge is 0.142 e. The van der Waals surface area contributed by atoms with Gasteiger partial charge in [-0.1, -0.05) is 6.92 Å². The van der Waals surface area contributed by atoms with Gasteiger partial charge in [-0.2, -0.15) is 4.37 Å². The zero-order valence-corrected chi connectivity index (χ0v) is 11.8. The van der Waals surface area contributed by atoms with Crippen molar-refractivity contribution in [2.75, 3.05) is 36.8 Å². The number of nitrogens with zero attached hydrogens (tertiary/aromatic N) is 3. The van der Waals surface area contributed by atoms with Crippen molar-refractivity contribution in [2.45, 2.75) is 33.2 Å². The Kier molecular flexibility index (Phi) is 3.89. The van der Waals surface area contributed by atoms with E-state index in [1.54, 1.807) is 0 Å². The van der Waals surface area contributed by atoms with Crippen molar-refractivity contribution in [3.05, 3.63) is 5.56 Å². The summed E-state index contributed by atoms with van der Waals surface area (Å²) in [4.78, 5) is 4.98. The van der Waals surface area contributed by atoms with Gasteiger partial charge in [0, 0.05) is 37.8 Å². The van der Waals surface area contributed by atoms with E-state index in [1.165, 1.54) is 23.0 Å². The fraction of sp³-hybridized carbons (Fsp3) is 0.750. The van der Waals surface area contributed by atoms with Crippen molar-refractivity contribution in [1.29, 1.82) is 0 Å². The number of anilines is 2. The summed E-state index contributed by atoms with van der Waals surface area (Å²) >= 11 is 1.53. The first-order chi connectivity index (χ1) is 8.13. The minimum absolute atomic E-state index is 0.689. The number of piperazine rings is 1. The molecule has 4 nitrogen and oxygen atoms in total. The van der Waals surface area contributed by atoms with Gasteiger partial charge in [0.15, 0.2) is 0 Å². The van der Waals surface area contributed by atoms with Crippen LogP contribution in [-0.2, 0) is 0 Å². The van der Waals surface area contributed by atoms with Gasteiger partial charge in [0.05, 0.1) is 0 Å². The Morgan fingerprint density at radius 1 is 1.35 bits per heavy atom. The molecule has 2 heterocycles. The molecule has 1 aliphatic rings. The van der Waals surface area contributed by atoms with Crippen LogP contribution >= 0.6 is 11.5 Å².